The maximum Gasteiger partial charge on any atom is 1.00 e. The number of carbonyl (C=O) groups excluding carboxylic acids is 1. The predicted octanol–water partition coefficient (Wildman–Crippen LogP) is -7.90. The van der Waals surface area contributed by atoms with Crippen molar-refractivity contribution < 1.29 is 78.3 Å². The van der Waals surface area contributed by atoms with Gasteiger partial charge in [-0.2, -0.15) is 0 Å². The fourth-order valence-electron chi connectivity index (χ4n) is 0. The first-order valence-corrected chi connectivity index (χ1v) is 2.65. The van der Waals surface area contributed by atoms with E-state index in [0.717, 1.165) is 0 Å². The molecule has 8 heavy (non-hydrogen) atoms. The van der Waals surface area contributed by atoms with Crippen LogP contribution in [0.15, 0.2) is 0 Å². The normalized spacial score (nSPS) is 8.25. The Morgan fingerprint density at radius 1 is 1.25 bits per heavy atom. The van der Waals surface area contributed by atoms with Gasteiger partial charge in [0.25, 0.3) is 0 Å². The topological polar surface area (TPSA) is 80.3 Å². The first kappa shape index (κ1) is 16.4. The largest absolute Gasteiger partial charge is 1.00 e. The predicted molar refractivity (Wildman–Crippen MR) is 14.4 cm³/mol. The van der Waals surface area contributed by atoms with Gasteiger partial charge in [0, 0.05) is 0 Å². The van der Waals surface area contributed by atoms with Gasteiger partial charge in [0.1, 0.15) is 6.03 Å². The van der Waals surface area contributed by atoms with E-state index in [1.165, 1.54) is 0 Å². The van der Waals surface area contributed by atoms with Crippen molar-refractivity contribution in [1.82, 2.24) is 0 Å². The van der Waals surface area contributed by atoms with Crippen LogP contribution in [0.25, 0.3) is 0 Å². The van der Waals surface area contributed by atoms with Crippen molar-refractivity contribution in [3.63, 3.8) is 0 Å². The Hall–Kier alpha value is 1.82. The number of hydrogen-bond donors (Lipinski definition) is 0. The Bertz CT molecular complexity index is 96.2. The SMILES string of the molecule is O=CP(=O)([O-])[O-].[Na+].[Na+]. The van der Waals surface area contributed by atoms with E-state index in [9.17, 15) is 0 Å². The molecule has 0 spiro atoms. The third-order valence-corrected chi connectivity index (χ3v) is 0.387. The second-order valence-corrected chi connectivity index (χ2v) is 1.94. The fraction of sp³-hybridized carbons (Fsp3) is 0. The van der Waals surface area contributed by atoms with E-state index in [4.69, 9.17) is 19.1 Å². The molecular formula is CHNa2O4P. The molecule has 7 heteroatoms. The fourth-order valence-corrected chi connectivity index (χ4v) is 0. The van der Waals surface area contributed by atoms with Gasteiger partial charge in [-0.05, 0) is 7.60 Å². The molecule has 0 saturated carbocycles. The summed E-state index contributed by atoms with van der Waals surface area (Å²) < 4.78 is 9.10. The zero-order chi connectivity index (χ0) is 5.21. The summed E-state index contributed by atoms with van der Waals surface area (Å²) in [6, 6.07) is -0.618. The van der Waals surface area contributed by atoms with Gasteiger partial charge in [-0.25, -0.2) is 0 Å². The van der Waals surface area contributed by atoms with Gasteiger partial charge in [-0.1, -0.05) is 0 Å². The van der Waals surface area contributed by atoms with Crippen LogP contribution in [-0.4, -0.2) is 6.03 Å². The zero-order valence-electron chi connectivity index (χ0n) is 4.66. The van der Waals surface area contributed by atoms with E-state index in [-0.39, 0.29) is 59.1 Å². The first-order valence-electron chi connectivity index (χ1n) is 1.04. The minimum Gasteiger partial charge on any atom is -0.806 e. The van der Waals surface area contributed by atoms with Crippen LogP contribution < -0.4 is 68.9 Å². The summed E-state index contributed by atoms with van der Waals surface area (Å²) in [5.74, 6) is 0. The van der Waals surface area contributed by atoms with Crippen LogP contribution in [0.2, 0.25) is 0 Å². The molecule has 0 atom stereocenters. The number of hydrogen-bond acceptors (Lipinski definition) is 4. The standard InChI is InChI=1S/CH3O4P.2Na/c2-1-6(3,4)5;;/h1H,(H2,3,4,5);;/q;2*+1/p-2. The van der Waals surface area contributed by atoms with Crippen molar-refractivity contribution in [1.29, 1.82) is 0 Å². The smallest absolute Gasteiger partial charge is 0.806 e. The molecule has 0 N–H and O–H groups in total. The molecule has 0 heterocycles. The van der Waals surface area contributed by atoms with Gasteiger partial charge < -0.3 is 14.4 Å². The van der Waals surface area contributed by atoms with E-state index in [1.54, 1.807) is 0 Å². The molecule has 36 valence electrons. The Morgan fingerprint density at radius 3 is 1.38 bits per heavy atom. The number of rotatable bonds is 1. The molecule has 4 nitrogen and oxygen atoms in total. The maximum atomic E-state index is 9.10. The van der Waals surface area contributed by atoms with Gasteiger partial charge in [0.15, 0.2) is 0 Å². The Balaban J connectivity index is -0.000000125. The van der Waals surface area contributed by atoms with Crippen molar-refractivity contribution in [2.75, 3.05) is 0 Å². The van der Waals surface area contributed by atoms with Gasteiger partial charge in [0.05, 0.1) is 0 Å². The van der Waals surface area contributed by atoms with E-state index < -0.39 is 13.6 Å². The maximum absolute atomic E-state index is 9.10. The number of carbonyl (C=O) groups is 1. The minimum absolute atomic E-state index is 0. The second-order valence-electron chi connectivity index (χ2n) is 0.645. The van der Waals surface area contributed by atoms with Crippen LogP contribution in [0.5, 0.6) is 0 Å². The average molecular weight is 154 g/mol. The molecule has 0 unspecified atom stereocenters. The van der Waals surface area contributed by atoms with Crippen LogP contribution in [0.1, 0.15) is 0 Å². The zero-order valence-corrected chi connectivity index (χ0v) is 9.55. The summed E-state index contributed by atoms with van der Waals surface area (Å²) in [6.07, 6.45) is 0. The molecule has 0 saturated heterocycles. The van der Waals surface area contributed by atoms with E-state index >= 15 is 0 Å². The minimum atomic E-state index is -4.83. The molecule has 0 aliphatic carbocycles. The van der Waals surface area contributed by atoms with Gasteiger partial charge >= 0.3 is 59.1 Å². The summed E-state index contributed by atoms with van der Waals surface area (Å²) in [4.78, 5) is 27.1. The summed E-state index contributed by atoms with van der Waals surface area (Å²) in [5.41, 5.74) is 0. The van der Waals surface area contributed by atoms with Crippen LogP contribution in [0, 0.1) is 0 Å². The van der Waals surface area contributed by atoms with E-state index in [0.29, 0.717) is 0 Å². The molecule has 0 fully saturated rings. The molecule has 0 aromatic carbocycles. The second kappa shape index (κ2) is 6.93. The molecule has 0 amide bonds. The third-order valence-electron chi connectivity index (χ3n) is 0.129. The molecule has 0 radical (unpaired) electrons. The van der Waals surface area contributed by atoms with Crippen LogP contribution in [0.3, 0.4) is 0 Å². The van der Waals surface area contributed by atoms with Crippen LogP contribution in [-0.2, 0) is 9.36 Å². The Kier molecular flexibility index (Phi) is 14.2. The monoisotopic (exact) mass is 154 g/mol. The molecular weight excluding hydrogens is 153 g/mol. The Morgan fingerprint density at radius 2 is 1.38 bits per heavy atom. The summed E-state index contributed by atoms with van der Waals surface area (Å²) in [6.45, 7) is 0. The van der Waals surface area contributed by atoms with E-state index in [1.807, 2.05) is 0 Å². The van der Waals surface area contributed by atoms with Gasteiger partial charge in [0.2, 0.25) is 0 Å². The average Bonchev–Trinajstić information content (AvgIpc) is 1.35. The van der Waals surface area contributed by atoms with Crippen molar-refractivity contribution in [2.45, 2.75) is 0 Å². The van der Waals surface area contributed by atoms with Crippen LogP contribution >= 0.6 is 7.60 Å². The molecule has 0 aromatic rings. The summed E-state index contributed by atoms with van der Waals surface area (Å²) in [7, 11) is -4.83. The van der Waals surface area contributed by atoms with Crippen molar-refractivity contribution >= 4 is 13.6 Å². The van der Waals surface area contributed by atoms with Crippen molar-refractivity contribution in [3.8, 4) is 0 Å². The van der Waals surface area contributed by atoms with Crippen molar-refractivity contribution in [2.24, 2.45) is 0 Å². The quantitative estimate of drug-likeness (QED) is 0.213. The summed E-state index contributed by atoms with van der Waals surface area (Å²) in [5, 5.41) is 0. The van der Waals surface area contributed by atoms with Gasteiger partial charge in [-0.3, -0.25) is 4.79 Å². The molecule has 0 rings (SSSR count). The molecule has 0 bridgehead atoms. The summed E-state index contributed by atoms with van der Waals surface area (Å²) >= 11 is 0. The molecule has 0 aliphatic heterocycles. The first-order chi connectivity index (χ1) is 2.56. The Labute approximate surface area is 90.8 Å². The third kappa shape index (κ3) is 15.7. The molecule has 0 aromatic heterocycles. The van der Waals surface area contributed by atoms with Gasteiger partial charge in [-0.15, -0.1) is 0 Å². The van der Waals surface area contributed by atoms with Crippen LogP contribution in [0.4, 0.5) is 0 Å². The van der Waals surface area contributed by atoms with Crippen molar-refractivity contribution in [3.05, 3.63) is 0 Å². The molecule has 0 aliphatic rings. The van der Waals surface area contributed by atoms with E-state index in [2.05, 4.69) is 0 Å².